The quantitative estimate of drug-likeness (QED) is 0.433. The van der Waals surface area contributed by atoms with Crippen LogP contribution in [0.5, 0.6) is 0 Å². The number of halogens is 1. The lowest BCUT2D eigenvalue weighted by Gasteiger charge is -2.18. The molecule has 5 nitrogen and oxygen atoms in total. The molecule has 2 amide bonds. The highest BCUT2D eigenvalue weighted by molar-refractivity contribution is 9.10. The summed E-state index contributed by atoms with van der Waals surface area (Å²) in [4.78, 5) is 26.8. The summed E-state index contributed by atoms with van der Waals surface area (Å²) >= 11 is 3.17. The maximum absolute atomic E-state index is 13.0. The monoisotopic (exact) mass is 448 g/mol. The zero-order chi connectivity index (χ0) is 20.4. The summed E-state index contributed by atoms with van der Waals surface area (Å²) in [6, 6.07) is 23.9. The van der Waals surface area contributed by atoms with Crippen LogP contribution in [-0.4, -0.2) is 18.9 Å². The van der Waals surface area contributed by atoms with Gasteiger partial charge >= 0.3 is 0 Å². The number of hydrogen-bond acceptors (Lipinski definition) is 3. The van der Waals surface area contributed by atoms with E-state index in [0.29, 0.717) is 15.9 Å². The van der Waals surface area contributed by atoms with Gasteiger partial charge in [-0.05, 0) is 69.2 Å². The van der Waals surface area contributed by atoms with Crippen LogP contribution >= 0.6 is 15.9 Å². The van der Waals surface area contributed by atoms with Crippen molar-refractivity contribution >= 4 is 49.9 Å². The van der Waals surface area contributed by atoms with E-state index in [9.17, 15) is 9.59 Å². The minimum Gasteiger partial charge on any atom is -0.444 e. The van der Waals surface area contributed by atoms with Crippen LogP contribution in [0.3, 0.4) is 0 Å². The van der Waals surface area contributed by atoms with Crippen LogP contribution < -0.4 is 10.2 Å². The first kappa shape index (κ1) is 19.0. The van der Waals surface area contributed by atoms with Crippen molar-refractivity contribution in [3.8, 4) is 0 Å². The third kappa shape index (κ3) is 4.07. The number of amides is 2. The van der Waals surface area contributed by atoms with E-state index < -0.39 is 0 Å². The molecule has 0 saturated heterocycles. The van der Waals surface area contributed by atoms with Gasteiger partial charge in [0.25, 0.3) is 11.8 Å². The fourth-order valence-corrected chi connectivity index (χ4v) is 3.36. The molecule has 0 radical (unpaired) electrons. The second kappa shape index (κ2) is 7.93. The second-order valence-electron chi connectivity index (χ2n) is 6.53. The maximum Gasteiger partial charge on any atom is 0.291 e. The molecule has 29 heavy (non-hydrogen) atoms. The molecule has 0 fully saturated rings. The summed E-state index contributed by atoms with van der Waals surface area (Å²) in [6.07, 6.45) is 0. The maximum atomic E-state index is 13.0. The molecule has 6 heteroatoms. The average molecular weight is 449 g/mol. The number of carbonyl (C=O) groups excluding carboxylic acids is 2. The molecule has 0 atom stereocenters. The summed E-state index contributed by atoms with van der Waals surface area (Å²) in [5.41, 5.74) is 1.78. The van der Waals surface area contributed by atoms with Crippen molar-refractivity contribution in [2.45, 2.75) is 0 Å². The van der Waals surface area contributed by atoms with Gasteiger partial charge in [0.1, 0.15) is 0 Å². The number of nitrogens with zero attached hydrogens (tertiary/aromatic N) is 1. The average Bonchev–Trinajstić information content (AvgIpc) is 3.19. The number of anilines is 2. The van der Waals surface area contributed by atoms with Gasteiger partial charge in [0.05, 0.1) is 0 Å². The number of nitrogens with one attached hydrogen (secondary N) is 1. The molecule has 0 aliphatic rings. The van der Waals surface area contributed by atoms with E-state index in [-0.39, 0.29) is 17.6 Å². The molecule has 1 aromatic heterocycles. The fourth-order valence-electron chi connectivity index (χ4n) is 3.06. The Morgan fingerprint density at radius 2 is 1.69 bits per heavy atom. The molecule has 0 saturated carbocycles. The van der Waals surface area contributed by atoms with E-state index in [4.69, 9.17) is 4.42 Å². The number of hydrogen-bond donors (Lipinski definition) is 1. The van der Waals surface area contributed by atoms with Crippen molar-refractivity contribution in [3.63, 3.8) is 0 Å². The Labute approximate surface area is 176 Å². The highest BCUT2D eigenvalue weighted by atomic mass is 79.9. The van der Waals surface area contributed by atoms with Crippen LogP contribution in [-0.2, 0) is 0 Å². The van der Waals surface area contributed by atoms with E-state index in [1.807, 2.05) is 42.5 Å². The van der Waals surface area contributed by atoms with Crippen molar-refractivity contribution in [3.05, 3.63) is 94.9 Å². The van der Waals surface area contributed by atoms with E-state index in [1.54, 1.807) is 48.3 Å². The predicted molar refractivity (Wildman–Crippen MR) is 117 cm³/mol. The first-order chi connectivity index (χ1) is 14.0. The smallest absolute Gasteiger partial charge is 0.291 e. The molecular formula is C23H17BrN2O3. The molecule has 3 aromatic carbocycles. The van der Waals surface area contributed by atoms with Gasteiger partial charge in [-0.1, -0.05) is 36.4 Å². The molecule has 0 aliphatic heterocycles. The van der Waals surface area contributed by atoms with Crippen molar-refractivity contribution < 1.29 is 14.0 Å². The van der Waals surface area contributed by atoms with Crippen LogP contribution in [0.15, 0.2) is 87.9 Å². The predicted octanol–water partition coefficient (Wildman–Crippen LogP) is 5.72. The second-order valence-corrected chi connectivity index (χ2v) is 7.32. The third-order valence-electron chi connectivity index (χ3n) is 4.59. The topological polar surface area (TPSA) is 62.6 Å². The largest absolute Gasteiger partial charge is 0.444 e. The molecule has 0 spiro atoms. The van der Waals surface area contributed by atoms with Crippen molar-refractivity contribution in [2.75, 3.05) is 17.3 Å². The molecule has 4 rings (SSSR count). The fraction of sp³-hybridized carbons (Fsp3) is 0.0435. The molecule has 0 bridgehead atoms. The first-order valence-electron chi connectivity index (χ1n) is 8.95. The number of rotatable bonds is 4. The van der Waals surface area contributed by atoms with Crippen LogP contribution in [0.1, 0.15) is 20.9 Å². The summed E-state index contributed by atoms with van der Waals surface area (Å²) in [5.74, 6) is -0.373. The Morgan fingerprint density at radius 1 is 0.897 bits per heavy atom. The number of furan rings is 1. The molecule has 144 valence electrons. The summed E-state index contributed by atoms with van der Waals surface area (Å²) < 4.78 is 5.73. The molecule has 1 N–H and O–H groups in total. The Balaban J connectivity index is 1.54. The van der Waals surface area contributed by atoms with E-state index in [2.05, 4.69) is 21.2 Å². The standard InChI is InChI=1S/C23H17BrN2O3/c1-26(19-10-9-15-5-2-3-6-16(15)14-19)23(28)17-7-4-8-18(13-17)25-22(27)20-11-12-21(24)29-20/h2-14H,1H3,(H,25,27). The van der Waals surface area contributed by atoms with Crippen molar-refractivity contribution in [1.29, 1.82) is 0 Å². The van der Waals surface area contributed by atoms with Gasteiger partial charge < -0.3 is 14.6 Å². The minimum absolute atomic E-state index is 0.169. The van der Waals surface area contributed by atoms with E-state index >= 15 is 0 Å². The van der Waals surface area contributed by atoms with E-state index in [0.717, 1.165) is 16.5 Å². The zero-order valence-electron chi connectivity index (χ0n) is 15.6. The Bertz CT molecular complexity index is 1220. The van der Waals surface area contributed by atoms with Gasteiger partial charge in [-0.2, -0.15) is 0 Å². The van der Waals surface area contributed by atoms with Crippen molar-refractivity contribution in [2.24, 2.45) is 0 Å². The third-order valence-corrected chi connectivity index (χ3v) is 5.02. The van der Waals surface area contributed by atoms with Gasteiger partial charge in [0.2, 0.25) is 0 Å². The zero-order valence-corrected chi connectivity index (χ0v) is 17.1. The van der Waals surface area contributed by atoms with Gasteiger partial charge in [-0.25, -0.2) is 0 Å². The molecular weight excluding hydrogens is 432 g/mol. The molecule has 0 unspecified atom stereocenters. The molecule has 4 aromatic rings. The summed E-state index contributed by atoms with van der Waals surface area (Å²) in [7, 11) is 1.73. The Hall–Kier alpha value is -3.38. The van der Waals surface area contributed by atoms with Crippen LogP contribution in [0.4, 0.5) is 11.4 Å². The number of benzene rings is 3. The number of carbonyl (C=O) groups is 2. The number of fused-ring (bicyclic) bond motifs is 1. The first-order valence-corrected chi connectivity index (χ1v) is 9.74. The molecule has 0 aliphatic carbocycles. The normalized spacial score (nSPS) is 10.7. The van der Waals surface area contributed by atoms with Gasteiger partial charge in [0, 0.05) is 24.0 Å². The SMILES string of the molecule is CN(C(=O)c1cccc(NC(=O)c2ccc(Br)o2)c1)c1ccc2ccccc2c1. The Morgan fingerprint density at radius 3 is 2.45 bits per heavy atom. The Kier molecular flexibility index (Phi) is 5.18. The lowest BCUT2D eigenvalue weighted by Crippen LogP contribution is -2.26. The summed E-state index contributed by atoms with van der Waals surface area (Å²) in [5, 5.41) is 4.93. The highest BCUT2D eigenvalue weighted by Crippen LogP contribution is 2.23. The lowest BCUT2D eigenvalue weighted by molar-refractivity contribution is 0.0984. The minimum atomic E-state index is -0.386. The van der Waals surface area contributed by atoms with Gasteiger partial charge in [-0.15, -0.1) is 0 Å². The molecule has 1 heterocycles. The highest BCUT2D eigenvalue weighted by Gasteiger charge is 2.16. The summed E-state index contributed by atoms with van der Waals surface area (Å²) in [6.45, 7) is 0. The van der Waals surface area contributed by atoms with Gasteiger partial charge in [0.15, 0.2) is 10.4 Å². The van der Waals surface area contributed by atoms with Crippen LogP contribution in [0.2, 0.25) is 0 Å². The van der Waals surface area contributed by atoms with Crippen molar-refractivity contribution in [1.82, 2.24) is 0 Å². The van der Waals surface area contributed by atoms with Crippen LogP contribution in [0, 0.1) is 0 Å². The van der Waals surface area contributed by atoms with Gasteiger partial charge in [-0.3, -0.25) is 9.59 Å². The van der Waals surface area contributed by atoms with Crippen LogP contribution in [0.25, 0.3) is 10.8 Å². The van der Waals surface area contributed by atoms with E-state index in [1.165, 1.54) is 0 Å². The lowest BCUT2D eigenvalue weighted by atomic mass is 10.1.